The molecule has 1 aliphatic rings. The molecule has 1 aromatic heterocycles. The molecule has 1 heterocycles. The number of nitrogens with two attached hydrogens (primary N) is 1. The first-order chi connectivity index (χ1) is 11.0. The predicted octanol–water partition coefficient (Wildman–Crippen LogP) is 2.87. The highest BCUT2D eigenvalue weighted by molar-refractivity contribution is 7.99. The van der Waals surface area contributed by atoms with E-state index in [9.17, 15) is 8.78 Å². The normalized spacial score (nSPS) is 18.9. The van der Waals surface area contributed by atoms with Gasteiger partial charge in [0, 0.05) is 24.2 Å². The second-order valence-electron chi connectivity index (χ2n) is 5.44. The molecular formula is C15H18F2N4OS. The molecule has 3 rings (SSSR count). The van der Waals surface area contributed by atoms with Crippen LogP contribution in [0.4, 0.5) is 8.78 Å². The molecule has 0 bridgehead atoms. The maximum Gasteiger partial charge on any atom is 0.251 e. The molecular weight excluding hydrogens is 322 g/mol. The van der Waals surface area contributed by atoms with Gasteiger partial charge in [-0.1, -0.05) is 17.8 Å². The molecule has 1 saturated carbocycles. The van der Waals surface area contributed by atoms with Gasteiger partial charge in [0.05, 0.1) is 19.3 Å². The minimum Gasteiger partial charge on any atom is -0.497 e. The number of methoxy groups -OCH3 is 1. The van der Waals surface area contributed by atoms with Crippen LogP contribution in [-0.4, -0.2) is 33.5 Å². The second kappa shape index (κ2) is 6.45. The highest BCUT2D eigenvalue weighted by Gasteiger charge is 2.55. The second-order valence-corrected chi connectivity index (χ2v) is 6.50. The average molecular weight is 340 g/mol. The first kappa shape index (κ1) is 16.2. The van der Waals surface area contributed by atoms with Crippen molar-refractivity contribution in [1.29, 1.82) is 0 Å². The molecule has 0 spiro atoms. The minimum atomic E-state index is -2.47. The number of benzene rings is 1. The van der Waals surface area contributed by atoms with Gasteiger partial charge in [-0.15, -0.1) is 10.2 Å². The Labute approximate surface area is 137 Å². The van der Waals surface area contributed by atoms with Crippen LogP contribution in [0.5, 0.6) is 5.75 Å². The summed E-state index contributed by atoms with van der Waals surface area (Å²) in [5, 5.41) is 8.88. The Morgan fingerprint density at radius 3 is 2.87 bits per heavy atom. The summed E-state index contributed by atoms with van der Waals surface area (Å²) in [6.07, 6.45) is 0.477. The number of thioether (sulfide) groups is 1. The Kier molecular flexibility index (Phi) is 4.54. The van der Waals surface area contributed by atoms with E-state index >= 15 is 0 Å². The number of aromatic nitrogens is 3. The van der Waals surface area contributed by atoms with Crippen LogP contribution < -0.4 is 10.5 Å². The van der Waals surface area contributed by atoms with Crippen LogP contribution in [0.3, 0.4) is 0 Å². The Morgan fingerprint density at radius 1 is 1.43 bits per heavy atom. The van der Waals surface area contributed by atoms with Crippen LogP contribution in [0.2, 0.25) is 0 Å². The summed E-state index contributed by atoms with van der Waals surface area (Å²) in [6.45, 7) is 0.242. The fourth-order valence-electron chi connectivity index (χ4n) is 2.41. The van der Waals surface area contributed by atoms with Gasteiger partial charge in [-0.3, -0.25) is 4.57 Å². The molecule has 124 valence electrons. The fraction of sp³-hybridized carbons (Fsp3) is 0.467. The third-order valence-electron chi connectivity index (χ3n) is 3.85. The van der Waals surface area contributed by atoms with Gasteiger partial charge in [0.15, 0.2) is 11.0 Å². The first-order valence-electron chi connectivity index (χ1n) is 7.34. The number of ether oxygens (including phenoxy) is 1. The lowest BCUT2D eigenvalue weighted by Gasteiger charge is -2.10. The lowest BCUT2D eigenvalue weighted by Crippen LogP contribution is -2.08. The number of hydrogen-bond acceptors (Lipinski definition) is 5. The van der Waals surface area contributed by atoms with Gasteiger partial charge < -0.3 is 10.5 Å². The zero-order chi connectivity index (χ0) is 16.4. The van der Waals surface area contributed by atoms with Gasteiger partial charge in [0.25, 0.3) is 5.92 Å². The van der Waals surface area contributed by atoms with Gasteiger partial charge in [-0.05, 0) is 18.6 Å². The zero-order valence-electron chi connectivity index (χ0n) is 12.7. The number of hydrogen-bond donors (Lipinski definition) is 1. The van der Waals surface area contributed by atoms with Gasteiger partial charge in [-0.25, -0.2) is 8.78 Å². The molecule has 0 radical (unpaired) electrons. The summed E-state index contributed by atoms with van der Waals surface area (Å²) in [4.78, 5) is 0. The van der Waals surface area contributed by atoms with E-state index in [1.807, 2.05) is 28.8 Å². The van der Waals surface area contributed by atoms with Crippen molar-refractivity contribution in [2.24, 2.45) is 11.7 Å². The average Bonchev–Trinajstić information content (AvgIpc) is 2.97. The van der Waals surface area contributed by atoms with E-state index in [1.54, 1.807) is 7.11 Å². The lowest BCUT2D eigenvalue weighted by molar-refractivity contribution is 0.0983. The van der Waals surface area contributed by atoms with Gasteiger partial charge in [0.2, 0.25) is 0 Å². The molecule has 2 aromatic rings. The molecule has 1 fully saturated rings. The zero-order valence-corrected chi connectivity index (χ0v) is 13.5. The van der Waals surface area contributed by atoms with Gasteiger partial charge in [-0.2, -0.15) is 0 Å². The fourth-order valence-corrected chi connectivity index (χ4v) is 3.43. The van der Waals surface area contributed by atoms with Gasteiger partial charge in [0.1, 0.15) is 5.75 Å². The summed E-state index contributed by atoms with van der Waals surface area (Å²) in [5.41, 5.74) is 6.57. The third kappa shape index (κ3) is 3.48. The highest BCUT2D eigenvalue weighted by atomic mass is 32.2. The van der Waals surface area contributed by atoms with Gasteiger partial charge >= 0.3 is 0 Å². The summed E-state index contributed by atoms with van der Waals surface area (Å²) in [6, 6.07) is 7.48. The van der Waals surface area contributed by atoms with E-state index in [-0.39, 0.29) is 13.0 Å². The molecule has 8 heteroatoms. The molecule has 23 heavy (non-hydrogen) atoms. The molecule has 2 N–H and O–H groups in total. The SMILES string of the molecule is COc1cccc(-n2c(CN)nnc2SCC[C@@H]2CC2(F)F)c1. The van der Waals surface area contributed by atoms with Crippen LogP contribution in [0.25, 0.3) is 5.69 Å². The molecule has 5 nitrogen and oxygen atoms in total. The Hall–Kier alpha value is -1.67. The number of alkyl halides is 2. The maximum atomic E-state index is 12.9. The van der Waals surface area contributed by atoms with Crippen molar-refractivity contribution in [3.63, 3.8) is 0 Å². The van der Waals surface area contributed by atoms with E-state index in [0.717, 1.165) is 5.69 Å². The Morgan fingerprint density at radius 2 is 2.22 bits per heavy atom. The largest absolute Gasteiger partial charge is 0.497 e. The van der Waals surface area contributed by atoms with E-state index < -0.39 is 11.8 Å². The third-order valence-corrected chi connectivity index (χ3v) is 4.81. The topological polar surface area (TPSA) is 66.0 Å². The summed E-state index contributed by atoms with van der Waals surface area (Å²) in [7, 11) is 1.60. The van der Waals surface area contributed by atoms with Crippen LogP contribution in [0, 0.1) is 5.92 Å². The first-order valence-corrected chi connectivity index (χ1v) is 8.33. The summed E-state index contributed by atoms with van der Waals surface area (Å²) in [5.74, 6) is -1.04. The molecule has 0 amide bonds. The van der Waals surface area contributed by atoms with Crippen molar-refractivity contribution in [2.45, 2.75) is 30.5 Å². The quantitative estimate of drug-likeness (QED) is 0.785. The minimum absolute atomic E-state index is 0.00415. The van der Waals surface area contributed by atoms with E-state index in [2.05, 4.69) is 10.2 Å². The van der Waals surface area contributed by atoms with Crippen molar-refractivity contribution in [2.75, 3.05) is 12.9 Å². The molecule has 1 aliphatic carbocycles. The number of halogens is 2. The van der Waals surface area contributed by atoms with Crippen molar-refractivity contribution >= 4 is 11.8 Å². The highest BCUT2D eigenvalue weighted by Crippen LogP contribution is 2.51. The molecule has 0 aliphatic heterocycles. The van der Waals surface area contributed by atoms with Crippen molar-refractivity contribution in [3.05, 3.63) is 30.1 Å². The standard InChI is InChI=1S/C15H18F2N4OS/c1-22-12-4-2-3-11(7-12)21-13(9-18)19-20-14(21)23-6-5-10-8-15(10,16)17/h2-4,7,10H,5-6,8-9,18H2,1H3/t10-/m1/s1. The van der Waals surface area contributed by atoms with Crippen LogP contribution in [-0.2, 0) is 6.54 Å². The molecule has 1 atom stereocenters. The molecule has 0 unspecified atom stereocenters. The number of rotatable bonds is 7. The number of nitrogens with zero attached hydrogens (tertiary/aromatic N) is 3. The van der Waals surface area contributed by atoms with Crippen LogP contribution in [0.15, 0.2) is 29.4 Å². The summed E-state index contributed by atoms with van der Waals surface area (Å²) >= 11 is 1.42. The van der Waals surface area contributed by atoms with Crippen LogP contribution >= 0.6 is 11.8 Å². The van der Waals surface area contributed by atoms with E-state index in [0.29, 0.717) is 28.9 Å². The predicted molar refractivity (Wildman–Crippen MR) is 84.2 cm³/mol. The van der Waals surface area contributed by atoms with E-state index in [1.165, 1.54) is 11.8 Å². The summed E-state index contributed by atoms with van der Waals surface area (Å²) < 4.78 is 33.0. The Balaban J connectivity index is 1.77. The van der Waals surface area contributed by atoms with Crippen LogP contribution in [0.1, 0.15) is 18.7 Å². The maximum absolute atomic E-state index is 12.9. The Bertz CT molecular complexity index is 692. The molecule has 1 aromatic carbocycles. The van der Waals surface area contributed by atoms with Crippen molar-refractivity contribution in [3.8, 4) is 11.4 Å². The van der Waals surface area contributed by atoms with Crippen molar-refractivity contribution < 1.29 is 13.5 Å². The molecule has 0 saturated heterocycles. The van der Waals surface area contributed by atoms with Crippen molar-refractivity contribution in [1.82, 2.24) is 14.8 Å². The lowest BCUT2D eigenvalue weighted by atomic mass is 10.3. The smallest absolute Gasteiger partial charge is 0.251 e. The monoisotopic (exact) mass is 340 g/mol. The van der Waals surface area contributed by atoms with E-state index in [4.69, 9.17) is 10.5 Å².